The fourth-order valence-electron chi connectivity index (χ4n) is 0.609. The van der Waals surface area contributed by atoms with Gasteiger partial charge in [-0.3, -0.25) is 0 Å². The van der Waals surface area contributed by atoms with Crippen LogP contribution in [-0.2, 0) is 0 Å². The number of allylic oxidation sites excluding steroid dienone is 4. The van der Waals surface area contributed by atoms with E-state index in [1.807, 2.05) is 0 Å². The predicted molar refractivity (Wildman–Crippen MR) is 51.2 cm³/mol. The van der Waals surface area contributed by atoms with Crippen molar-refractivity contribution in [3.05, 3.63) is 34.8 Å². The third kappa shape index (κ3) is 3.05. The van der Waals surface area contributed by atoms with Crippen LogP contribution in [0.5, 0.6) is 0 Å². The number of rotatable bonds is 3. The van der Waals surface area contributed by atoms with Crippen LogP contribution in [0.2, 0.25) is 0 Å². The SMILES string of the molecule is C=C/C(B(O)O)=C(/C)C(=C)Br. The summed E-state index contributed by atoms with van der Waals surface area (Å²) in [6.07, 6.45) is 1.40. The molecule has 60 valence electrons. The molecule has 0 spiro atoms. The van der Waals surface area contributed by atoms with Gasteiger partial charge in [0.25, 0.3) is 0 Å². The van der Waals surface area contributed by atoms with Gasteiger partial charge in [-0.05, 0) is 18.0 Å². The molecule has 0 rings (SSSR count). The Kier molecular flexibility index (Phi) is 4.41. The average molecular weight is 217 g/mol. The van der Waals surface area contributed by atoms with Crippen LogP contribution in [0.4, 0.5) is 0 Å². The van der Waals surface area contributed by atoms with Crippen LogP contribution in [0.3, 0.4) is 0 Å². The predicted octanol–water partition coefficient (Wildman–Crippen LogP) is 1.41. The second-order valence-electron chi connectivity index (χ2n) is 2.06. The largest absolute Gasteiger partial charge is 0.488 e. The van der Waals surface area contributed by atoms with Crippen molar-refractivity contribution in [3.8, 4) is 0 Å². The summed E-state index contributed by atoms with van der Waals surface area (Å²) in [4.78, 5) is 0. The number of hydrogen-bond acceptors (Lipinski definition) is 2. The summed E-state index contributed by atoms with van der Waals surface area (Å²) >= 11 is 3.13. The van der Waals surface area contributed by atoms with E-state index < -0.39 is 7.12 Å². The molecular weight excluding hydrogens is 207 g/mol. The van der Waals surface area contributed by atoms with Gasteiger partial charge >= 0.3 is 7.12 Å². The Bertz CT molecular complexity index is 208. The standard InChI is InChI=1S/C7H10BBrO2/c1-4-7(8(10)11)5(2)6(3)9/h4,10-11H,1,3H2,2H3/b7-5+. The topological polar surface area (TPSA) is 40.5 Å². The first-order valence-electron chi connectivity index (χ1n) is 3.04. The second kappa shape index (κ2) is 4.54. The van der Waals surface area contributed by atoms with E-state index in [0.717, 1.165) is 0 Å². The molecule has 2 nitrogen and oxygen atoms in total. The van der Waals surface area contributed by atoms with Crippen LogP contribution in [0.15, 0.2) is 34.8 Å². The highest BCUT2D eigenvalue weighted by Gasteiger charge is 2.14. The first kappa shape index (κ1) is 10.7. The Labute approximate surface area is 75.2 Å². The Morgan fingerprint density at radius 1 is 1.55 bits per heavy atom. The van der Waals surface area contributed by atoms with Crippen molar-refractivity contribution in [1.29, 1.82) is 0 Å². The summed E-state index contributed by atoms with van der Waals surface area (Å²) < 4.78 is 0.625. The van der Waals surface area contributed by atoms with E-state index in [1.54, 1.807) is 6.92 Å². The van der Waals surface area contributed by atoms with Gasteiger partial charge in [-0.1, -0.05) is 35.2 Å². The maximum Gasteiger partial charge on any atom is 0.488 e. The number of hydrogen-bond donors (Lipinski definition) is 2. The fraction of sp³-hybridized carbons (Fsp3) is 0.143. The van der Waals surface area contributed by atoms with Crippen molar-refractivity contribution >= 4 is 23.0 Å². The molecular formula is C7H10BBrO2. The van der Waals surface area contributed by atoms with Crippen molar-refractivity contribution in [2.45, 2.75) is 6.92 Å². The van der Waals surface area contributed by atoms with E-state index >= 15 is 0 Å². The lowest BCUT2D eigenvalue weighted by Crippen LogP contribution is -2.15. The molecule has 0 amide bonds. The van der Waals surface area contributed by atoms with Gasteiger partial charge < -0.3 is 10.0 Å². The van der Waals surface area contributed by atoms with Gasteiger partial charge in [-0.15, -0.1) is 0 Å². The van der Waals surface area contributed by atoms with E-state index in [1.165, 1.54) is 6.08 Å². The zero-order chi connectivity index (χ0) is 9.02. The molecule has 0 heterocycles. The Balaban J connectivity index is 4.83. The van der Waals surface area contributed by atoms with Gasteiger partial charge in [0.05, 0.1) is 0 Å². The van der Waals surface area contributed by atoms with Crippen LogP contribution in [-0.4, -0.2) is 17.2 Å². The van der Waals surface area contributed by atoms with Crippen LogP contribution in [0, 0.1) is 0 Å². The lowest BCUT2D eigenvalue weighted by atomic mass is 9.76. The van der Waals surface area contributed by atoms with E-state index in [2.05, 4.69) is 29.1 Å². The molecule has 0 aromatic rings. The van der Waals surface area contributed by atoms with Crippen molar-refractivity contribution < 1.29 is 10.0 Å². The second-order valence-corrected chi connectivity index (χ2v) is 3.02. The Hall–Kier alpha value is -0.315. The normalized spacial score (nSPS) is 12.0. The van der Waals surface area contributed by atoms with E-state index in [0.29, 0.717) is 15.5 Å². The van der Waals surface area contributed by atoms with Gasteiger partial charge in [-0.2, -0.15) is 0 Å². The lowest BCUT2D eigenvalue weighted by Gasteiger charge is -2.04. The molecule has 0 bridgehead atoms. The van der Waals surface area contributed by atoms with Crippen molar-refractivity contribution in [2.24, 2.45) is 0 Å². The Morgan fingerprint density at radius 2 is 2.00 bits per heavy atom. The molecule has 0 saturated carbocycles. The van der Waals surface area contributed by atoms with Gasteiger partial charge in [0.2, 0.25) is 0 Å². The first-order chi connectivity index (χ1) is 5.00. The maximum atomic E-state index is 8.80. The zero-order valence-corrected chi connectivity index (χ0v) is 7.93. The van der Waals surface area contributed by atoms with Crippen LogP contribution in [0.1, 0.15) is 6.92 Å². The van der Waals surface area contributed by atoms with Crippen LogP contribution >= 0.6 is 15.9 Å². The van der Waals surface area contributed by atoms with E-state index in [9.17, 15) is 0 Å². The smallest absolute Gasteiger partial charge is 0.423 e. The molecule has 11 heavy (non-hydrogen) atoms. The summed E-state index contributed by atoms with van der Waals surface area (Å²) in [7, 11) is -1.48. The maximum absolute atomic E-state index is 8.80. The minimum Gasteiger partial charge on any atom is -0.423 e. The fourth-order valence-corrected chi connectivity index (χ4v) is 0.838. The van der Waals surface area contributed by atoms with E-state index in [-0.39, 0.29) is 0 Å². The molecule has 0 aliphatic heterocycles. The van der Waals surface area contributed by atoms with Gasteiger partial charge in [-0.25, -0.2) is 0 Å². The van der Waals surface area contributed by atoms with Crippen LogP contribution in [0.25, 0.3) is 0 Å². The zero-order valence-electron chi connectivity index (χ0n) is 6.34. The summed E-state index contributed by atoms with van der Waals surface area (Å²) in [6, 6.07) is 0. The first-order valence-corrected chi connectivity index (χ1v) is 3.84. The summed E-state index contributed by atoms with van der Waals surface area (Å²) in [5.41, 5.74) is 1.06. The highest BCUT2D eigenvalue weighted by molar-refractivity contribution is 9.11. The molecule has 0 aliphatic rings. The molecule has 0 fully saturated rings. The summed E-state index contributed by atoms with van der Waals surface area (Å²) in [5, 5.41) is 17.6. The molecule has 0 unspecified atom stereocenters. The molecule has 0 atom stereocenters. The van der Waals surface area contributed by atoms with Crippen LogP contribution < -0.4 is 0 Å². The monoisotopic (exact) mass is 216 g/mol. The highest BCUT2D eigenvalue weighted by Crippen LogP contribution is 2.19. The number of halogens is 1. The van der Waals surface area contributed by atoms with Crippen molar-refractivity contribution in [3.63, 3.8) is 0 Å². The molecule has 2 N–H and O–H groups in total. The van der Waals surface area contributed by atoms with Gasteiger partial charge in [0.1, 0.15) is 0 Å². The van der Waals surface area contributed by atoms with Gasteiger partial charge in [0.15, 0.2) is 0 Å². The van der Waals surface area contributed by atoms with E-state index in [4.69, 9.17) is 10.0 Å². The minimum atomic E-state index is -1.48. The average Bonchev–Trinajstić information content (AvgIpc) is 1.88. The highest BCUT2D eigenvalue weighted by atomic mass is 79.9. The molecule has 0 aliphatic carbocycles. The summed E-state index contributed by atoms with van der Waals surface area (Å²) in [6.45, 7) is 8.77. The molecule has 0 saturated heterocycles. The quantitative estimate of drug-likeness (QED) is 0.554. The molecule has 0 aromatic carbocycles. The summed E-state index contributed by atoms with van der Waals surface area (Å²) in [5.74, 6) is 0. The molecule has 0 aromatic heterocycles. The molecule has 4 heteroatoms. The van der Waals surface area contributed by atoms with Crippen molar-refractivity contribution in [2.75, 3.05) is 0 Å². The Morgan fingerprint density at radius 3 is 2.09 bits per heavy atom. The minimum absolute atomic E-state index is 0.367. The third-order valence-corrected chi connectivity index (χ3v) is 1.93. The lowest BCUT2D eigenvalue weighted by molar-refractivity contribution is 0.420. The molecule has 0 radical (unpaired) electrons. The van der Waals surface area contributed by atoms with Crippen molar-refractivity contribution in [1.82, 2.24) is 0 Å². The van der Waals surface area contributed by atoms with Gasteiger partial charge in [0, 0.05) is 4.48 Å². The third-order valence-electron chi connectivity index (χ3n) is 1.34.